The molecule has 10 heavy (non-hydrogen) atoms. The smallest absolute Gasteiger partial charge is 0.120 e. The monoisotopic (exact) mass is 162 g/mol. The number of rotatable bonds is 6. The Hall–Kier alpha value is -0.0200. The van der Waals surface area contributed by atoms with Gasteiger partial charge in [-0.15, -0.1) is 0 Å². The zero-order chi connectivity index (χ0) is 7.82. The Kier molecular flexibility index (Phi) is 7.08. The van der Waals surface area contributed by atoms with Crippen molar-refractivity contribution in [2.75, 3.05) is 12.0 Å². The molecule has 0 fully saturated rings. The van der Waals surface area contributed by atoms with Crippen LogP contribution in [0.15, 0.2) is 0 Å². The van der Waals surface area contributed by atoms with E-state index >= 15 is 0 Å². The molecule has 3 heteroatoms. The van der Waals surface area contributed by atoms with Crippen LogP contribution in [-0.2, 0) is 4.79 Å². The maximum atomic E-state index is 9.87. The second-order valence-corrected chi connectivity index (χ2v) is 3.16. The van der Waals surface area contributed by atoms with E-state index in [9.17, 15) is 4.79 Å². The lowest BCUT2D eigenvalue weighted by molar-refractivity contribution is -0.108. The van der Waals surface area contributed by atoms with Gasteiger partial charge in [0.1, 0.15) is 6.29 Å². The van der Waals surface area contributed by atoms with E-state index in [1.54, 1.807) is 11.8 Å². The zero-order valence-corrected chi connectivity index (χ0v) is 7.06. The molecule has 60 valence electrons. The summed E-state index contributed by atoms with van der Waals surface area (Å²) in [4.78, 5) is 9.87. The summed E-state index contributed by atoms with van der Waals surface area (Å²) in [7, 11) is 0. The molecule has 0 saturated heterocycles. The van der Waals surface area contributed by atoms with E-state index in [0.717, 1.165) is 18.5 Å². The van der Waals surface area contributed by atoms with Crippen molar-refractivity contribution in [3.05, 3.63) is 0 Å². The highest BCUT2D eigenvalue weighted by molar-refractivity contribution is 7.98. The van der Waals surface area contributed by atoms with Gasteiger partial charge in [-0.1, -0.05) is 0 Å². The molecule has 0 aromatic heterocycles. The van der Waals surface area contributed by atoms with Gasteiger partial charge in [-0.25, -0.2) is 0 Å². The van der Waals surface area contributed by atoms with Crippen molar-refractivity contribution in [3.8, 4) is 0 Å². The second kappa shape index (κ2) is 7.09. The van der Waals surface area contributed by atoms with E-state index in [-0.39, 0.29) is 6.10 Å². The molecule has 0 radical (unpaired) electrons. The van der Waals surface area contributed by atoms with Crippen molar-refractivity contribution in [1.29, 1.82) is 0 Å². The van der Waals surface area contributed by atoms with Crippen LogP contribution in [0.1, 0.15) is 19.3 Å². The minimum atomic E-state index is -0.280. The van der Waals surface area contributed by atoms with Gasteiger partial charge in [0.2, 0.25) is 0 Å². The molecular weight excluding hydrogens is 148 g/mol. The van der Waals surface area contributed by atoms with Crippen LogP contribution in [0.25, 0.3) is 0 Å². The average molecular weight is 162 g/mol. The predicted molar refractivity (Wildman–Crippen MR) is 44.3 cm³/mol. The largest absolute Gasteiger partial charge is 0.393 e. The Bertz CT molecular complexity index is 85.7. The number of aliphatic hydroxyl groups is 1. The minimum Gasteiger partial charge on any atom is -0.393 e. The molecule has 0 heterocycles. The van der Waals surface area contributed by atoms with Crippen molar-refractivity contribution < 1.29 is 9.90 Å². The first kappa shape index (κ1) is 9.98. The van der Waals surface area contributed by atoms with Crippen LogP contribution >= 0.6 is 11.8 Å². The number of carbonyl (C=O) groups is 1. The van der Waals surface area contributed by atoms with Gasteiger partial charge in [-0.3, -0.25) is 0 Å². The summed E-state index contributed by atoms with van der Waals surface area (Å²) in [6.07, 6.45) is 4.47. The molecule has 1 atom stereocenters. The molecule has 1 unspecified atom stereocenters. The molecule has 0 bridgehead atoms. The summed E-state index contributed by atoms with van der Waals surface area (Å²) in [5, 5.41) is 9.14. The van der Waals surface area contributed by atoms with Crippen molar-refractivity contribution in [3.63, 3.8) is 0 Å². The van der Waals surface area contributed by atoms with Crippen LogP contribution in [0.5, 0.6) is 0 Å². The fraction of sp³-hybridized carbons (Fsp3) is 0.857. The first-order chi connectivity index (χ1) is 4.81. The highest BCUT2D eigenvalue weighted by Crippen LogP contribution is 2.04. The van der Waals surface area contributed by atoms with E-state index in [4.69, 9.17) is 5.11 Å². The highest BCUT2D eigenvalue weighted by atomic mass is 32.2. The van der Waals surface area contributed by atoms with Gasteiger partial charge in [-0.2, -0.15) is 11.8 Å². The van der Waals surface area contributed by atoms with E-state index < -0.39 is 0 Å². The van der Waals surface area contributed by atoms with Crippen LogP contribution in [0.4, 0.5) is 0 Å². The lowest BCUT2D eigenvalue weighted by Crippen LogP contribution is -2.07. The topological polar surface area (TPSA) is 37.3 Å². The standard InChI is InChI=1S/C7H14O2S/c1-10-6-4-7(9)3-2-5-8/h5,7,9H,2-4,6H2,1H3. The lowest BCUT2D eigenvalue weighted by atomic mass is 10.2. The van der Waals surface area contributed by atoms with Crippen molar-refractivity contribution in [1.82, 2.24) is 0 Å². The number of thioether (sulfide) groups is 1. The van der Waals surface area contributed by atoms with Crippen molar-refractivity contribution >= 4 is 18.0 Å². The Morgan fingerprint density at radius 2 is 2.30 bits per heavy atom. The average Bonchev–Trinajstić information content (AvgIpc) is 1.97. The summed E-state index contributed by atoms with van der Waals surface area (Å²) < 4.78 is 0. The van der Waals surface area contributed by atoms with Gasteiger partial charge in [0.25, 0.3) is 0 Å². The van der Waals surface area contributed by atoms with E-state index in [1.165, 1.54) is 0 Å². The molecule has 0 spiro atoms. The SMILES string of the molecule is CSCCC(O)CCC=O. The number of hydrogen-bond acceptors (Lipinski definition) is 3. The van der Waals surface area contributed by atoms with Gasteiger partial charge in [-0.05, 0) is 24.9 Å². The first-order valence-corrected chi connectivity index (χ1v) is 4.81. The van der Waals surface area contributed by atoms with Gasteiger partial charge in [0, 0.05) is 6.42 Å². The Labute approximate surface area is 66.0 Å². The van der Waals surface area contributed by atoms with Crippen LogP contribution in [-0.4, -0.2) is 29.5 Å². The van der Waals surface area contributed by atoms with E-state index in [0.29, 0.717) is 12.8 Å². The van der Waals surface area contributed by atoms with Crippen molar-refractivity contribution in [2.24, 2.45) is 0 Å². The molecule has 1 N–H and O–H groups in total. The van der Waals surface area contributed by atoms with E-state index in [2.05, 4.69) is 0 Å². The summed E-state index contributed by atoms with van der Waals surface area (Å²) >= 11 is 1.72. The van der Waals surface area contributed by atoms with Gasteiger partial charge in [0.05, 0.1) is 6.10 Å². The molecule has 0 aromatic carbocycles. The lowest BCUT2D eigenvalue weighted by Gasteiger charge is -2.05. The summed E-state index contributed by atoms with van der Waals surface area (Å²) in [5.74, 6) is 0.972. The quantitative estimate of drug-likeness (QED) is 0.594. The Morgan fingerprint density at radius 3 is 2.80 bits per heavy atom. The van der Waals surface area contributed by atoms with Gasteiger partial charge in [0.15, 0.2) is 0 Å². The maximum Gasteiger partial charge on any atom is 0.120 e. The normalized spacial score (nSPS) is 13.0. The third-order valence-electron chi connectivity index (χ3n) is 1.27. The molecule has 2 nitrogen and oxygen atoms in total. The van der Waals surface area contributed by atoms with Crippen LogP contribution in [0.2, 0.25) is 0 Å². The Balaban J connectivity index is 3.07. The Morgan fingerprint density at radius 1 is 1.60 bits per heavy atom. The molecule has 0 aliphatic carbocycles. The highest BCUT2D eigenvalue weighted by Gasteiger charge is 2.01. The molecule has 0 rings (SSSR count). The van der Waals surface area contributed by atoms with Crippen LogP contribution in [0, 0.1) is 0 Å². The van der Waals surface area contributed by atoms with E-state index in [1.807, 2.05) is 6.26 Å². The number of hydrogen-bond donors (Lipinski definition) is 1. The zero-order valence-electron chi connectivity index (χ0n) is 6.25. The molecular formula is C7H14O2S. The number of aldehydes is 1. The molecule has 0 saturated carbocycles. The second-order valence-electron chi connectivity index (χ2n) is 2.18. The third-order valence-corrected chi connectivity index (χ3v) is 1.92. The maximum absolute atomic E-state index is 9.87. The predicted octanol–water partition coefficient (Wildman–Crippen LogP) is 1.08. The van der Waals surface area contributed by atoms with Crippen molar-refractivity contribution in [2.45, 2.75) is 25.4 Å². The molecule has 0 aliphatic heterocycles. The van der Waals surface area contributed by atoms with Crippen LogP contribution < -0.4 is 0 Å². The van der Waals surface area contributed by atoms with Gasteiger partial charge < -0.3 is 9.90 Å². The molecule has 0 amide bonds. The first-order valence-electron chi connectivity index (χ1n) is 3.42. The van der Waals surface area contributed by atoms with Crippen LogP contribution in [0.3, 0.4) is 0 Å². The minimum absolute atomic E-state index is 0.280. The number of carbonyl (C=O) groups excluding carboxylic acids is 1. The molecule has 0 aliphatic rings. The fourth-order valence-corrected chi connectivity index (χ4v) is 1.17. The summed E-state index contributed by atoms with van der Waals surface area (Å²) in [5.41, 5.74) is 0. The number of aliphatic hydroxyl groups excluding tert-OH is 1. The fourth-order valence-electron chi connectivity index (χ4n) is 0.659. The molecule has 0 aromatic rings. The third kappa shape index (κ3) is 6.11. The summed E-state index contributed by atoms with van der Waals surface area (Å²) in [6, 6.07) is 0. The van der Waals surface area contributed by atoms with Gasteiger partial charge >= 0.3 is 0 Å². The summed E-state index contributed by atoms with van der Waals surface area (Å²) in [6.45, 7) is 0.